The predicted octanol–water partition coefficient (Wildman–Crippen LogP) is 1.46. The summed E-state index contributed by atoms with van der Waals surface area (Å²) in [7, 11) is 0. The largest absolute Gasteiger partial charge is 0.507 e. The van der Waals surface area contributed by atoms with Crippen molar-refractivity contribution in [1.82, 2.24) is 5.32 Å². The van der Waals surface area contributed by atoms with Crippen molar-refractivity contribution in [3.63, 3.8) is 0 Å². The molecule has 0 aliphatic heterocycles. The van der Waals surface area contributed by atoms with Crippen LogP contribution in [0.2, 0.25) is 0 Å². The molecule has 0 aliphatic rings. The van der Waals surface area contributed by atoms with E-state index in [2.05, 4.69) is 10.6 Å². The number of aliphatic hydroxyl groups excluding tert-OH is 1. The van der Waals surface area contributed by atoms with Gasteiger partial charge < -0.3 is 20.3 Å². The van der Waals surface area contributed by atoms with Gasteiger partial charge in [0.15, 0.2) is 0 Å². The van der Waals surface area contributed by atoms with Gasteiger partial charge in [0.1, 0.15) is 5.75 Å². The molecule has 0 heterocycles. The summed E-state index contributed by atoms with van der Waals surface area (Å²) >= 11 is 0. The summed E-state index contributed by atoms with van der Waals surface area (Å²) in [5.74, 6) is -0.750. The highest BCUT2D eigenvalue weighted by molar-refractivity contribution is 5.98. The highest BCUT2D eigenvalue weighted by Gasteiger charge is 2.12. The summed E-state index contributed by atoms with van der Waals surface area (Å²) in [6.07, 6.45) is 1.08. The number of aliphatic hydroxyl groups is 1. The third-order valence-electron chi connectivity index (χ3n) is 2.62. The monoisotopic (exact) mass is 296 g/mol. The lowest BCUT2D eigenvalue weighted by Gasteiger charge is -2.10. The maximum atomic E-state index is 11.7. The first-order chi connectivity index (χ1) is 10.1. The summed E-state index contributed by atoms with van der Waals surface area (Å²) in [6.45, 7) is 2.19. The van der Waals surface area contributed by atoms with Crippen molar-refractivity contribution in [1.29, 1.82) is 0 Å². The topological polar surface area (TPSA) is 108 Å². The van der Waals surface area contributed by atoms with E-state index in [4.69, 9.17) is 9.84 Å². The van der Waals surface area contributed by atoms with Gasteiger partial charge in [-0.3, -0.25) is 10.1 Å². The highest BCUT2D eigenvalue weighted by Crippen LogP contribution is 2.21. The molecule has 0 atom stereocenters. The van der Waals surface area contributed by atoms with E-state index in [1.54, 1.807) is 0 Å². The van der Waals surface area contributed by atoms with E-state index in [-0.39, 0.29) is 24.5 Å². The first-order valence-electron chi connectivity index (χ1n) is 6.74. The average Bonchev–Trinajstić information content (AvgIpc) is 2.47. The summed E-state index contributed by atoms with van der Waals surface area (Å²) in [5, 5.41) is 23.2. The summed E-state index contributed by atoms with van der Waals surface area (Å²) in [4.78, 5) is 23.2. The molecule has 116 valence electrons. The second-order valence-corrected chi connectivity index (χ2v) is 4.33. The van der Waals surface area contributed by atoms with E-state index in [0.717, 1.165) is 12.8 Å². The molecule has 1 rings (SSSR count). The Morgan fingerprint density at radius 3 is 2.76 bits per heavy atom. The maximum Gasteiger partial charge on any atom is 0.411 e. The minimum atomic E-state index is -0.615. The van der Waals surface area contributed by atoms with Crippen molar-refractivity contribution < 1.29 is 24.5 Å². The van der Waals surface area contributed by atoms with Crippen molar-refractivity contribution in [2.45, 2.75) is 19.8 Å². The van der Waals surface area contributed by atoms with E-state index in [9.17, 15) is 14.7 Å². The van der Waals surface area contributed by atoms with Crippen molar-refractivity contribution in [3.8, 4) is 5.75 Å². The number of nitrogens with one attached hydrogen (secondary N) is 2. The number of hydrogen-bond acceptors (Lipinski definition) is 5. The Morgan fingerprint density at radius 2 is 2.10 bits per heavy atom. The Kier molecular flexibility index (Phi) is 7.03. The van der Waals surface area contributed by atoms with Gasteiger partial charge in [-0.1, -0.05) is 13.3 Å². The number of ether oxygens (including phenoxy) is 1. The molecule has 0 unspecified atom stereocenters. The number of aromatic hydroxyl groups is 1. The van der Waals surface area contributed by atoms with Crippen LogP contribution < -0.4 is 10.6 Å². The molecule has 2 amide bonds. The first kappa shape index (κ1) is 16.8. The molecule has 0 aromatic heterocycles. The highest BCUT2D eigenvalue weighted by atomic mass is 16.5. The Labute approximate surface area is 122 Å². The van der Waals surface area contributed by atoms with Gasteiger partial charge in [0, 0.05) is 12.2 Å². The number of phenolic OH excluding ortho intramolecular Hbond substituents is 1. The fraction of sp³-hybridized carbons (Fsp3) is 0.429. The van der Waals surface area contributed by atoms with Gasteiger partial charge in [-0.25, -0.2) is 4.79 Å². The molecule has 1 aromatic rings. The minimum absolute atomic E-state index is 0.00908. The molecule has 0 aliphatic carbocycles. The molecule has 0 fully saturated rings. The molecule has 0 bridgehead atoms. The number of carbonyl (C=O) groups excluding carboxylic acids is 2. The van der Waals surface area contributed by atoms with Crippen LogP contribution in [0.15, 0.2) is 18.2 Å². The molecular formula is C14H20N2O5. The zero-order chi connectivity index (χ0) is 15.7. The number of unbranched alkanes of at least 4 members (excludes halogenated alkanes) is 1. The fourth-order valence-electron chi connectivity index (χ4n) is 1.52. The zero-order valence-electron chi connectivity index (χ0n) is 11.9. The van der Waals surface area contributed by atoms with Crippen LogP contribution in [0.4, 0.5) is 10.5 Å². The first-order valence-corrected chi connectivity index (χ1v) is 6.74. The Morgan fingerprint density at radius 1 is 1.33 bits per heavy atom. The van der Waals surface area contributed by atoms with E-state index in [1.165, 1.54) is 18.2 Å². The third-order valence-corrected chi connectivity index (χ3v) is 2.62. The van der Waals surface area contributed by atoms with Crippen LogP contribution in [0.1, 0.15) is 30.1 Å². The van der Waals surface area contributed by atoms with Gasteiger partial charge in [0.2, 0.25) is 0 Å². The van der Waals surface area contributed by atoms with Crippen LogP contribution in [0.5, 0.6) is 5.75 Å². The van der Waals surface area contributed by atoms with E-state index < -0.39 is 12.0 Å². The van der Waals surface area contributed by atoms with Crippen molar-refractivity contribution in [3.05, 3.63) is 23.8 Å². The lowest BCUT2D eigenvalue weighted by Crippen LogP contribution is -2.26. The van der Waals surface area contributed by atoms with Gasteiger partial charge in [-0.05, 0) is 24.6 Å². The van der Waals surface area contributed by atoms with Gasteiger partial charge in [0.05, 0.1) is 18.8 Å². The number of carbonyl (C=O) groups is 2. The Balaban J connectivity index is 2.68. The van der Waals surface area contributed by atoms with Crippen LogP contribution in [0.25, 0.3) is 0 Å². The van der Waals surface area contributed by atoms with Crippen LogP contribution in [0, 0.1) is 0 Å². The minimum Gasteiger partial charge on any atom is -0.507 e. The summed E-state index contributed by atoms with van der Waals surface area (Å²) in [5.41, 5.74) is 0.346. The smallest absolute Gasteiger partial charge is 0.411 e. The molecule has 7 heteroatoms. The van der Waals surface area contributed by atoms with Gasteiger partial charge >= 0.3 is 6.09 Å². The number of hydrogen-bond donors (Lipinski definition) is 4. The number of anilines is 1. The Bertz CT molecular complexity index is 490. The van der Waals surface area contributed by atoms with E-state index in [0.29, 0.717) is 12.3 Å². The van der Waals surface area contributed by atoms with E-state index >= 15 is 0 Å². The van der Waals surface area contributed by atoms with Gasteiger partial charge in [-0.15, -0.1) is 0 Å². The van der Waals surface area contributed by atoms with Crippen LogP contribution in [0.3, 0.4) is 0 Å². The average molecular weight is 296 g/mol. The van der Waals surface area contributed by atoms with Gasteiger partial charge in [-0.2, -0.15) is 0 Å². The normalized spacial score (nSPS) is 10.0. The van der Waals surface area contributed by atoms with Crippen LogP contribution in [-0.4, -0.2) is 42.0 Å². The number of benzene rings is 1. The van der Waals surface area contributed by atoms with Gasteiger partial charge in [0.25, 0.3) is 5.91 Å². The molecule has 7 nitrogen and oxygen atoms in total. The lowest BCUT2D eigenvalue weighted by molar-refractivity contribution is 0.0942. The molecule has 1 aromatic carbocycles. The number of phenols is 1. The summed E-state index contributed by atoms with van der Waals surface area (Å²) < 4.78 is 4.94. The van der Waals surface area contributed by atoms with E-state index in [1.807, 2.05) is 6.92 Å². The molecule has 0 saturated heterocycles. The van der Waals surface area contributed by atoms with Crippen LogP contribution in [-0.2, 0) is 4.74 Å². The lowest BCUT2D eigenvalue weighted by atomic mass is 10.1. The second kappa shape index (κ2) is 8.80. The maximum absolute atomic E-state index is 11.7. The molecular weight excluding hydrogens is 276 g/mol. The number of amides is 2. The summed E-state index contributed by atoms with van der Waals surface area (Å²) in [6, 6.07) is 4.10. The molecule has 0 radical (unpaired) electrons. The molecule has 0 saturated carbocycles. The predicted molar refractivity (Wildman–Crippen MR) is 77.4 cm³/mol. The molecule has 21 heavy (non-hydrogen) atoms. The molecule has 0 spiro atoms. The third kappa shape index (κ3) is 5.70. The van der Waals surface area contributed by atoms with Crippen molar-refractivity contribution >= 4 is 17.7 Å². The standard InChI is InChI=1S/C14H20N2O5/c1-2-3-8-21-14(20)16-10-4-5-12(18)11(9-10)13(19)15-6-7-17/h4-5,9,17-18H,2-3,6-8H2,1H3,(H,15,19)(H,16,20). The zero-order valence-corrected chi connectivity index (χ0v) is 11.9. The van der Waals surface area contributed by atoms with Crippen LogP contribution >= 0.6 is 0 Å². The van der Waals surface area contributed by atoms with Crippen molar-refractivity contribution in [2.75, 3.05) is 25.1 Å². The SMILES string of the molecule is CCCCOC(=O)Nc1ccc(O)c(C(=O)NCCO)c1. The Hall–Kier alpha value is -2.28. The number of rotatable bonds is 7. The second-order valence-electron chi connectivity index (χ2n) is 4.33. The van der Waals surface area contributed by atoms with Crippen molar-refractivity contribution in [2.24, 2.45) is 0 Å². The quantitative estimate of drug-likeness (QED) is 0.450. The molecule has 4 N–H and O–H groups in total. The fourth-order valence-corrected chi connectivity index (χ4v) is 1.52.